The molecule has 2 aromatic rings. The predicted molar refractivity (Wildman–Crippen MR) is 80.9 cm³/mol. The molecule has 0 aliphatic rings. The molecule has 2 rings (SSSR count). The topological polar surface area (TPSA) is 82.2 Å². The van der Waals surface area contributed by atoms with E-state index in [1.54, 1.807) is 44.3 Å². The van der Waals surface area contributed by atoms with Crippen molar-refractivity contribution in [1.82, 2.24) is 9.55 Å². The lowest BCUT2D eigenvalue weighted by atomic mass is 10.1. The van der Waals surface area contributed by atoms with Crippen LogP contribution in [0.3, 0.4) is 0 Å². The van der Waals surface area contributed by atoms with Crippen molar-refractivity contribution in [3.05, 3.63) is 42.5 Å². The zero-order chi connectivity index (χ0) is 15.5. The standard InChI is InChI=1S/C15H20N4O2/c1-15(2,16)14(20)18-11-4-6-12(7-5-11)21-10-13-17-8-9-19(13)3/h4-9H,10,16H2,1-3H3,(H,18,20). The Morgan fingerprint density at radius 2 is 2.05 bits per heavy atom. The molecule has 0 aliphatic carbocycles. The van der Waals surface area contributed by atoms with E-state index < -0.39 is 5.54 Å². The van der Waals surface area contributed by atoms with Crippen molar-refractivity contribution in [3.63, 3.8) is 0 Å². The number of carbonyl (C=O) groups excluding carboxylic acids is 1. The van der Waals surface area contributed by atoms with Crippen LogP contribution >= 0.6 is 0 Å². The maximum absolute atomic E-state index is 11.8. The van der Waals surface area contributed by atoms with Crippen LogP contribution in [0.4, 0.5) is 5.69 Å². The predicted octanol–water partition coefficient (Wildman–Crippen LogP) is 1.67. The van der Waals surface area contributed by atoms with Crippen LogP contribution in [-0.2, 0) is 18.4 Å². The maximum Gasteiger partial charge on any atom is 0.243 e. The number of nitrogens with one attached hydrogen (secondary N) is 1. The molecular formula is C15H20N4O2. The third-order valence-corrected chi connectivity index (χ3v) is 2.99. The van der Waals surface area contributed by atoms with Gasteiger partial charge in [0.05, 0.1) is 5.54 Å². The number of imidazole rings is 1. The summed E-state index contributed by atoms with van der Waals surface area (Å²) in [6, 6.07) is 7.14. The molecule has 1 aromatic heterocycles. The number of anilines is 1. The highest BCUT2D eigenvalue weighted by atomic mass is 16.5. The number of aryl methyl sites for hydroxylation is 1. The summed E-state index contributed by atoms with van der Waals surface area (Å²) in [5, 5.41) is 2.75. The molecule has 6 heteroatoms. The van der Waals surface area contributed by atoms with Crippen molar-refractivity contribution < 1.29 is 9.53 Å². The normalized spacial score (nSPS) is 11.2. The number of nitrogens with zero attached hydrogens (tertiary/aromatic N) is 2. The van der Waals surface area contributed by atoms with Crippen LogP contribution in [0.1, 0.15) is 19.7 Å². The van der Waals surface area contributed by atoms with E-state index in [4.69, 9.17) is 10.5 Å². The molecule has 112 valence electrons. The SMILES string of the molecule is Cn1ccnc1COc1ccc(NC(=O)C(C)(C)N)cc1. The highest BCUT2D eigenvalue weighted by Crippen LogP contribution is 2.17. The van der Waals surface area contributed by atoms with Crippen LogP contribution in [0.15, 0.2) is 36.7 Å². The van der Waals surface area contributed by atoms with Gasteiger partial charge in [0.25, 0.3) is 0 Å². The number of nitrogens with two attached hydrogens (primary N) is 1. The summed E-state index contributed by atoms with van der Waals surface area (Å²) >= 11 is 0. The van der Waals surface area contributed by atoms with E-state index in [0.29, 0.717) is 18.0 Å². The van der Waals surface area contributed by atoms with E-state index in [2.05, 4.69) is 10.3 Å². The van der Waals surface area contributed by atoms with Crippen LogP contribution in [0.2, 0.25) is 0 Å². The van der Waals surface area contributed by atoms with Gasteiger partial charge in [-0.3, -0.25) is 4.79 Å². The molecule has 6 nitrogen and oxygen atoms in total. The number of hydrogen-bond acceptors (Lipinski definition) is 4. The third-order valence-electron chi connectivity index (χ3n) is 2.99. The summed E-state index contributed by atoms with van der Waals surface area (Å²) in [4.78, 5) is 15.9. The fourth-order valence-electron chi connectivity index (χ4n) is 1.61. The molecule has 0 saturated heterocycles. The fourth-order valence-corrected chi connectivity index (χ4v) is 1.61. The van der Waals surface area contributed by atoms with Crippen molar-refractivity contribution in [2.75, 3.05) is 5.32 Å². The molecule has 0 radical (unpaired) electrons. The first-order chi connectivity index (χ1) is 9.86. The molecular weight excluding hydrogens is 268 g/mol. The Hall–Kier alpha value is -2.34. The molecule has 0 atom stereocenters. The lowest BCUT2D eigenvalue weighted by molar-refractivity contribution is -0.120. The van der Waals surface area contributed by atoms with Crippen LogP contribution in [0, 0.1) is 0 Å². The number of benzene rings is 1. The highest BCUT2D eigenvalue weighted by molar-refractivity contribution is 5.97. The Balaban J connectivity index is 1.93. The molecule has 21 heavy (non-hydrogen) atoms. The van der Waals surface area contributed by atoms with Gasteiger partial charge in [-0.2, -0.15) is 0 Å². The van der Waals surface area contributed by atoms with Gasteiger partial charge in [-0.25, -0.2) is 4.98 Å². The molecule has 1 heterocycles. The molecule has 0 saturated carbocycles. The third kappa shape index (κ3) is 4.06. The molecule has 0 fully saturated rings. The second-order valence-corrected chi connectivity index (χ2v) is 5.44. The monoisotopic (exact) mass is 288 g/mol. The van der Waals surface area contributed by atoms with Crippen LogP contribution in [0.5, 0.6) is 5.75 Å². The molecule has 0 spiro atoms. The van der Waals surface area contributed by atoms with E-state index in [9.17, 15) is 4.79 Å². The Kier molecular flexibility index (Phi) is 4.28. The summed E-state index contributed by atoms with van der Waals surface area (Å²) in [5.41, 5.74) is 5.50. The largest absolute Gasteiger partial charge is 0.486 e. The minimum absolute atomic E-state index is 0.232. The maximum atomic E-state index is 11.8. The van der Waals surface area contributed by atoms with Crippen molar-refractivity contribution in [1.29, 1.82) is 0 Å². The second-order valence-electron chi connectivity index (χ2n) is 5.44. The Morgan fingerprint density at radius 3 is 2.57 bits per heavy atom. The minimum Gasteiger partial charge on any atom is -0.486 e. The Labute approximate surface area is 123 Å². The zero-order valence-corrected chi connectivity index (χ0v) is 12.5. The summed E-state index contributed by atoms with van der Waals surface area (Å²) in [7, 11) is 1.92. The van der Waals surface area contributed by atoms with Gasteiger partial charge in [-0.1, -0.05) is 0 Å². The highest BCUT2D eigenvalue weighted by Gasteiger charge is 2.21. The van der Waals surface area contributed by atoms with Gasteiger partial charge in [0.1, 0.15) is 18.2 Å². The first-order valence-electron chi connectivity index (χ1n) is 6.65. The van der Waals surface area contributed by atoms with E-state index in [1.807, 2.05) is 17.8 Å². The first-order valence-corrected chi connectivity index (χ1v) is 6.65. The summed E-state index contributed by atoms with van der Waals surface area (Å²) in [6.45, 7) is 3.71. The molecule has 0 bridgehead atoms. The van der Waals surface area contributed by atoms with Crippen molar-refractivity contribution >= 4 is 11.6 Å². The number of aromatic nitrogens is 2. The summed E-state index contributed by atoms with van der Waals surface area (Å²) < 4.78 is 7.54. The smallest absolute Gasteiger partial charge is 0.243 e. The van der Waals surface area contributed by atoms with Gasteiger partial charge in [-0.15, -0.1) is 0 Å². The van der Waals surface area contributed by atoms with Gasteiger partial charge in [0.15, 0.2) is 0 Å². The number of amides is 1. The first kappa shape index (κ1) is 15.1. The summed E-state index contributed by atoms with van der Waals surface area (Å²) in [5.74, 6) is 1.32. The quantitative estimate of drug-likeness (QED) is 0.877. The number of rotatable bonds is 5. The average molecular weight is 288 g/mol. The van der Waals surface area contributed by atoms with Gasteiger partial charge in [0, 0.05) is 25.1 Å². The molecule has 3 N–H and O–H groups in total. The van der Waals surface area contributed by atoms with E-state index in [-0.39, 0.29) is 5.91 Å². The van der Waals surface area contributed by atoms with Crippen LogP contribution in [0.25, 0.3) is 0 Å². The average Bonchev–Trinajstić information content (AvgIpc) is 2.82. The lowest BCUT2D eigenvalue weighted by Gasteiger charge is -2.17. The lowest BCUT2D eigenvalue weighted by Crippen LogP contribution is -2.45. The van der Waals surface area contributed by atoms with Gasteiger partial charge >= 0.3 is 0 Å². The molecule has 0 unspecified atom stereocenters. The van der Waals surface area contributed by atoms with Crippen molar-refractivity contribution in [3.8, 4) is 5.75 Å². The fraction of sp³-hybridized carbons (Fsp3) is 0.333. The Bertz CT molecular complexity index is 611. The van der Waals surface area contributed by atoms with Gasteiger partial charge in [0.2, 0.25) is 5.91 Å². The van der Waals surface area contributed by atoms with Crippen molar-refractivity contribution in [2.45, 2.75) is 26.0 Å². The number of ether oxygens (including phenoxy) is 1. The summed E-state index contributed by atoms with van der Waals surface area (Å²) in [6.07, 6.45) is 3.60. The van der Waals surface area contributed by atoms with E-state index in [0.717, 1.165) is 5.82 Å². The number of carbonyl (C=O) groups is 1. The molecule has 1 amide bonds. The minimum atomic E-state index is -0.909. The number of hydrogen-bond donors (Lipinski definition) is 2. The van der Waals surface area contributed by atoms with E-state index >= 15 is 0 Å². The Morgan fingerprint density at radius 1 is 1.38 bits per heavy atom. The van der Waals surface area contributed by atoms with E-state index in [1.165, 1.54) is 0 Å². The molecule has 1 aromatic carbocycles. The second kappa shape index (κ2) is 5.97. The van der Waals surface area contributed by atoms with Gasteiger partial charge < -0.3 is 20.4 Å². The zero-order valence-electron chi connectivity index (χ0n) is 12.5. The van der Waals surface area contributed by atoms with Crippen molar-refractivity contribution in [2.24, 2.45) is 12.8 Å². The van der Waals surface area contributed by atoms with Crippen LogP contribution in [-0.4, -0.2) is 21.0 Å². The van der Waals surface area contributed by atoms with Gasteiger partial charge in [-0.05, 0) is 38.1 Å². The molecule has 0 aliphatic heterocycles. The van der Waals surface area contributed by atoms with Crippen LogP contribution < -0.4 is 15.8 Å².